The predicted molar refractivity (Wildman–Crippen MR) is 95.5 cm³/mol. The van der Waals surface area contributed by atoms with Gasteiger partial charge in [0, 0.05) is 13.1 Å². The van der Waals surface area contributed by atoms with Crippen molar-refractivity contribution in [1.82, 2.24) is 4.90 Å². The van der Waals surface area contributed by atoms with Crippen LogP contribution in [0.1, 0.15) is 47.1 Å². The molecule has 126 valence electrons. The molecule has 0 bridgehead atoms. The fraction of sp³-hybridized carbons (Fsp3) is 0.429. The molecule has 1 fully saturated rings. The SMILES string of the molecule is COc1cccc(C2OCCN(C)Cc3ccc(C4CC4)cc32)c1. The lowest BCUT2D eigenvalue weighted by Crippen LogP contribution is -2.28. The molecule has 4 rings (SSSR count). The largest absolute Gasteiger partial charge is 0.497 e. The van der Waals surface area contributed by atoms with Gasteiger partial charge in [-0.2, -0.15) is 0 Å². The molecule has 2 aromatic carbocycles. The standard InChI is InChI=1S/C21H25NO2/c1-22-10-11-24-21(17-4-3-5-19(12-17)23-2)20-13-16(15-6-7-15)8-9-18(20)14-22/h3-5,8-9,12-13,15,21H,6-7,10-11,14H2,1-2H3. The van der Waals surface area contributed by atoms with Crippen LogP contribution in [0.15, 0.2) is 42.5 Å². The Kier molecular flexibility index (Phi) is 4.30. The van der Waals surface area contributed by atoms with Gasteiger partial charge in [0.1, 0.15) is 11.9 Å². The summed E-state index contributed by atoms with van der Waals surface area (Å²) in [5.74, 6) is 1.64. The quantitative estimate of drug-likeness (QED) is 0.848. The zero-order chi connectivity index (χ0) is 16.5. The molecule has 24 heavy (non-hydrogen) atoms. The summed E-state index contributed by atoms with van der Waals surface area (Å²) in [7, 11) is 3.88. The third-order valence-electron chi connectivity index (χ3n) is 5.10. The van der Waals surface area contributed by atoms with Crippen LogP contribution >= 0.6 is 0 Å². The number of methoxy groups -OCH3 is 1. The van der Waals surface area contributed by atoms with Crippen molar-refractivity contribution in [2.24, 2.45) is 0 Å². The van der Waals surface area contributed by atoms with Crippen LogP contribution in [0.25, 0.3) is 0 Å². The summed E-state index contributed by atoms with van der Waals surface area (Å²) in [6.07, 6.45) is 2.63. The lowest BCUT2D eigenvalue weighted by atomic mass is 9.92. The van der Waals surface area contributed by atoms with Crippen LogP contribution in [-0.4, -0.2) is 32.2 Å². The summed E-state index contributed by atoms with van der Waals surface area (Å²) in [5, 5.41) is 0. The summed E-state index contributed by atoms with van der Waals surface area (Å²) < 4.78 is 11.7. The number of fused-ring (bicyclic) bond motifs is 1. The van der Waals surface area contributed by atoms with Crippen molar-refractivity contribution in [2.75, 3.05) is 27.3 Å². The Bertz CT molecular complexity index is 724. The first-order valence-corrected chi connectivity index (χ1v) is 8.81. The molecule has 1 aliphatic carbocycles. The van der Waals surface area contributed by atoms with E-state index < -0.39 is 0 Å². The molecule has 3 heteroatoms. The molecule has 1 atom stereocenters. The number of likely N-dealkylation sites (N-methyl/N-ethyl adjacent to an activating group) is 1. The fourth-order valence-electron chi connectivity index (χ4n) is 3.54. The third-order valence-corrected chi connectivity index (χ3v) is 5.10. The lowest BCUT2D eigenvalue weighted by Gasteiger charge is -2.29. The molecule has 0 aromatic heterocycles. The van der Waals surface area contributed by atoms with Gasteiger partial charge >= 0.3 is 0 Å². The van der Waals surface area contributed by atoms with Gasteiger partial charge in [0.05, 0.1) is 13.7 Å². The molecule has 2 aliphatic rings. The van der Waals surface area contributed by atoms with E-state index in [-0.39, 0.29) is 6.10 Å². The van der Waals surface area contributed by atoms with E-state index in [0.29, 0.717) is 0 Å². The Morgan fingerprint density at radius 2 is 1.96 bits per heavy atom. The van der Waals surface area contributed by atoms with Gasteiger partial charge in [0.2, 0.25) is 0 Å². The molecule has 1 aliphatic heterocycles. The normalized spacial score (nSPS) is 21.7. The Morgan fingerprint density at radius 1 is 1.08 bits per heavy atom. The van der Waals surface area contributed by atoms with Crippen LogP contribution in [-0.2, 0) is 11.3 Å². The summed E-state index contributed by atoms with van der Waals surface area (Å²) >= 11 is 0. The summed E-state index contributed by atoms with van der Waals surface area (Å²) in [5.41, 5.74) is 5.33. The van der Waals surface area contributed by atoms with E-state index in [4.69, 9.17) is 9.47 Å². The number of benzene rings is 2. The molecule has 0 N–H and O–H groups in total. The highest BCUT2D eigenvalue weighted by atomic mass is 16.5. The van der Waals surface area contributed by atoms with Crippen molar-refractivity contribution < 1.29 is 9.47 Å². The first-order chi connectivity index (χ1) is 11.7. The topological polar surface area (TPSA) is 21.7 Å². The predicted octanol–water partition coefficient (Wildman–Crippen LogP) is 4.12. The average molecular weight is 323 g/mol. The zero-order valence-corrected chi connectivity index (χ0v) is 14.5. The van der Waals surface area contributed by atoms with Crippen LogP contribution in [0.3, 0.4) is 0 Å². The number of hydrogen-bond acceptors (Lipinski definition) is 3. The molecule has 1 saturated carbocycles. The average Bonchev–Trinajstić information content (AvgIpc) is 3.43. The number of ether oxygens (including phenoxy) is 2. The molecule has 0 spiro atoms. The van der Waals surface area contributed by atoms with E-state index in [1.165, 1.54) is 35.1 Å². The molecule has 1 heterocycles. The molecular formula is C21H25NO2. The number of rotatable bonds is 3. The van der Waals surface area contributed by atoms with Crippen molar-refractivity contribution in [2.45, 2.75) is 31.4 Å². The Morgan fingerprint density at radius 3 is 2.75 bits per heavy atom. The lowest BCUT2D eigenvalue weighted by molar-refractivity contribution is 0.0552. The first-order valence-electron chi connectivity index (χ1n) is 8.81. The molecule has 1 unspecified atom stereocenters. The first kappa shape index (κ1) is 15.7. The van der Waals surface area contributed by atoms with Gasteiger partial charge in [-0.3, -0.25) is 4.90 Å². The van der Waals surface area contributed by atoms with E-state index >= 15 is 0 Å². The molecule has 2 aromatic rings. The monoisotopic (exact) mass is 323 g/mol. The smallest absolute Gasteiger partial charge is 0.119 e. The molecule has 0 saturated heterocycles. The van der Waals surface area contributed by atoms with Crippen LogP contribution in [0.4, 0.5) is 0 Å². The van der Waals surface area contributed by atoms with Gasteiger partial charge in [0.25, 0.3) is 0 Å². The Balaban J connectivity index is 1.78. The minimum atomic E-state index is -0.0116. The van der Waals surface area contributed by atoms with E-state index in [1.807, 2.05) is 12.1 Å². The van der Waals surface area contributed by atoms with E-state index in [0.717, 1.165) is 31.4 Å². The summed E-state index contributed by atoms with van der Waals surface area (Å²) in [6, 6.07) is 15.3. The minimum absolute atomic E-state index is 0.0116. The van der Waals surface area contributed by atoms with Crippen LogP contribution in [0.2, 0.25) is 0 Å². The van der Waals surface area contributed by atoms with E-state index in [2.05, 4.69) is 42.3 Å². The van der Waals surface area contributed by atoms with Gasteiger partial charge < -0.3 is 9.47 Å². The highest BCUT2D eigenvalue weighted by Gasteiger charge is 2.27. The van der Waals surface area contributed by atoms with Gasteiger partial charge in [-0.25, -0.2) is 0 Å². The van der Waals surface area contributed by atoms with Crippen molar-refractivity contribution in [3.8, 4) is 5.75 Å². The molecular weight excluding hydrogens is 298 g/mol. The van der Waals surface area contributed by atoms with Crippen LogP contribution < -0.4 is 4.74 Å². The van der Waals surface area contributed by atoms with Crippen molar-refractivity contribution in [3.05, 3.63) is 64.7 Å². The van der Waals surface area contributed by atoms with Gasteiger partial charge in [-0.05, 0) is 60.2 Å². The highest BCUT2D eigenvalue weighted by Crippen LogP contribution is 2.42. The van der Waals surface area contributed by atoms with Gasteiger partial charge in [0.15, 0.2) is 0 Å². The summed E-state index contributed by atoms with van der Waals surface area (Å²) in [4.78, 5) is 2.33. The van der Waals surface area contributed by atoms with Crippen molar-refractivity contribution in [1.29, 1.82) is 0 Å². The van der Waals surface area contributed by atoms with Crippen LogP contribution in [0, 0.1) is 0 Å². The molecule has 0 radical (unpaired) electrons. The maximum absolute atomic E-state index is 6.32. The minimum Gasteiger partial charge on any atom is -0.497 e. The molecule has 0 amide bonds. The van der Waals surface area contributed by atoms with Crippen molar-refractivity contribution >= 4 is 0 Å². The summed E-state index contributed by atoms with van der Waals surface area (Å²) in [6.45, 7) is 2.67. The van der Waals surface area contributed by atoms with Crippen molar-refractivity contribution in [3.63, 3.8) is 0 Å². The second-order valence-electron chi connectivity index (χ2n) is 7.00. The van der Waals surface area contributed by atoms with Gasteiger partial charge in [-0.1, -0.05) is 30.3 Å². The maximum Gasteiger partial charge on any atom is 0.119 e. The maximum atomic E-state index is 6.32. The van der Waals surface area contributed by atoms with Gasteiger partial charge in [-0.15, -0.1) is 0 Å². The zero-order valence-electron chi connectivity index (χ0n) is 14.5. The Hall–Kier alpha value is -1.84. The fourth-order valence-corrected chi connectivity index (χ4v) is 3.54. The Labute approximate surface area is 144 Å². The number of nitrogens with zero attached hydrogens (tertiary/aromatic N) is 1. The van der Waals surface area contributed by atoms with E-state index in [1.54, 1.807) is 7.11 Å². The second kappa shape index (κ2) is 6.58. The molecule has 3 nitrogen and oxygen atoms in total. The highest BCUT2D eigenvalue weighted by molar-refractivity contribution is 5.43. The van der Waals surface area contributed by atoms with Crippen LogP contribution in [0.5, 0.6) is 5.75 Å². The second-order valence-corrected chi connectivity index (χ2v) is 7.00. The van der Waals surface area contributed by atoms with E-state index in [9.17, 15) is 0 Å². The number of hydrogen-bond donors (Lipinski definition) is 0. The third kappa shape index (κ3) is 3.19.